The number of hydrogen-bond acceptors (Lipinski definition) is 7. The lowest BCUT2D eigenvalue weighted by Crippen LogP contribution is -2.33. The molecule has 1 heterocycles. The number of methoxy groups -OCH3 is 2. The van der Waals surface area contributed by atoms with Gasteiger partial charge in [0.2, 0.25) is 0 Å². The first kappa shape index (κ1) is 27.6. The Balaban J connectivity index is 1.68. The number of benzene rings is 3. The summed E-state index contributed by atoms with van der Waals surface area (Å²) in [4.78, 5) is 28.0. The van der Waals surface area contributed by atoms with Crippen LogP contribution in [0.5, 0.6) is 23.0 Å². The van der Waals surface area contributed by atoms with E-state index in [-0.39, 0.29) is 30.6 Å². The lowest BCUT2D eigenvalue weighted by atomic mass is 9.94. The topological polar surface area (TPSA) is 94.5 Å². The average Bonchev–Trinajstić information content (AvgIpc) is 3.19. The monoisotopic (exact) mass is 531 g/mol. The molecular formula is C31H33NO7. The quantitative estimate of drug-likeness (QED) is 0.216. The molecule has 0 aliphatic carbocycles. The Morgan fingerprint density at radius 2 is 1.49 bits per heavy atom. The van der Waals surface area contributed by atoms with E-state index in [1.807, 2.05) is 20.8 Å². The molecule has 8 nitrogen and oxygen atoms in total. The van der Waals surface area contributed by atoms with Gasteiger partial charge in [-0.25, -0.2) is 0 Å². The van der Waals surface area contributed by atoms with Crippen LogP contribution in [0, 0.1) is 6.92 Å². The zero-order chi connectivity index (χ0) is 28.1. The molecule has 4 rings (SSSR count). The molecule has 1 unspecified atom stereocenters. The zero-order valence-electron chi connectivity index (χ0n) is 22.8. The van der Waals surface area contributed by atoms with Crippen LogP contribution in [0.15, 0.2) is 72.3 Å². The van der Waals surface area contributed by atoms with Gasteiger partial charge in [-0.15, -0.1) is 0 Å². The number of aliphatic hydroxyl groups is 1. The second-order valence-corrected chi connectivity index (χ2v) is 9.44. The summed E-state index contributed by atoms with van der Waals surface area (Å²) in [6, 6.07) is 18.5. The number of ether oxygens (including phenoxy) is 4. The van der Waals surface area contributed by atoms with Crippen LogP contribution in [0.4, 0.5) is 0 Å². The van der Waals surface area contributed by atoms with Crippen LogP contribution in [0.2, 0.25) is 0 Å². The van der Waals surface area contributed by atoms with Crippen molar-refractivity contribution in [2.75, 3.05) is 27.4 Å². The van der Waals surface area contributed by atoms with E-state index in [0.717, 1.165) is 5.56 Å². The molecule has 1 amide bonds. The number of likely N-dealkylation sites (tertiary alicyclic amines) is 1. The van der Waals surface area contributed by atoms with Crippen LogP contribution in [-0.4, -0.2) is 55.2 Å². The minimum absolute atomic E-state index is 0.0105. The lowest BCUT2D eigenvalue weighted by molar-refractivity contribution is -0.140. The van der Waals surface area contributed by atoms with Gasteiger partial charge in [-0.05, 0) is 86.5 Å². The number of aliphatic hydroxyl groups excluding tert-OH is 1. The van der Waals surface area contributed by atoms with Crippen molar-refractivity contribution < 1.29 is 33.6 Å². The van der Waals surface area contributed by atoms with Gasteiger partial charge in [-0.1, -0.05) is 12.1 Å². The molecular weight excluding hydrogens is 498 g/mol. The molecule has 0 radical (unpaired) electrons. The average molecular weight is 532 g/mol. The van der Waals surface area contributed by atoms with E-state index >= 15 is 0 Å². The molecule has 3 aromatic rings. The van der Waals surface area contributed by atoms with E-state index in [2.05, 4.69) is 0 Å². The van der Waals surface area contributed by atoms with E-state index in [1.165, 1.54) is 4.90 Å². The Morgan fingerprint density at radius 3 is 2.05 bits per heavy atom. The molecule has 0 aromatic heterocycles. The first-order valence-corrected chi connectivity index (χ1v) is 12.7. The highest BCUT2D eigenvalue weighted by Crippen LogP contribution is 2.40. The Kier molecular flexibility index (Phi) is 8.44. The van der Waals surface area contributed by atoms with Gasteiger partial charge in [0.25, 0.3) is 11.7 Å². The molecule has 1 fully saturated rings. The zero-order valence-corrected chi connectivity index (χ0v) is 22.8. The summed E-state index contributed by atoms with van der Waals surface area (Å²) >= 11 is 0. The maximum Gasteiger partial charge on any atom is 0.295 e. The van der Waals surface area contributed by atoms with Crippen LogP contribution >= 0.6 is 0 Å². The predicted molar refractivity (Wildman–Crippen MR) is 147 cm³/mol. The third-order valence-corrected chi connectivity index (χ3v) is 6.44. The molecule has 1 aliphatic heterocycles. The second kappa shape index (κ2) is 11.9. The predicted octanol–water partition coefficient (Wildman–Crippen LogP) is 5.30. The maximum absolute atomic E-state index is 13.3. The number of carbonyl (C=O) groups excluding carboxylic acids is 2. The number of rotatable bonds is 10. The number of aryl methyl sites for hydroxylation is 1. The first-order valence-electron chi connectivity index (χ1n) is 12.7. The summed E-state index contributed by atoms with van der Waals surface area (Å²) in [6.07, 6.45) is -0.0105. The largest absolute Gasteiger partial charge is 0.507 e. The summed E-state index contributed by atoms with van der Waals surface area (Å²) in [5.41, 5.74) is 1.91. The fourth-order valence-electron chi connectivity index (χ4n) is 4.52. The fourth-order valence-corrected chi connectivity index (χ4v) is 4.52. The molecule has 0 saturated carbocycles. The summed E-state index contributed by atoms with van der Waals surface area (Å²) in [5, 5.41) is 11.4. The van der Waals surface area contributed by atoms with Gasteiger partial charge < -0.3 is 29.0 Å². The van der Waals surface area contributed by atoms with Crippen LogP contribution in [-0.2, 0) is 9.59 Å². The number of carbonyl (C=O) groups is 2. The van der Waals surface area contributed by atoms with Crippen molar-refractivity contribution in [3.05, 3.63) is 89.0 Å². The van der Waals surface area contributed by atoms with Crippen molar-refractivity contribution in [3.8, 4) is 23.0 Å². The number of nitrogens with zero attached hydrogens (tertiary/aromatic N) is 1. The SMILES string of the molecule is COc1ccc(OCCN2C(=O)C(=O)/C(=C(\O)c3ccc(OC(C)C)c(C)c3)C2c2ccc(OC)cc2)cc1. The van der Waals surface area contributed by atoms with Crippen LogP contribution in [0.3, 0.4) is 0 Å². The maximum atomic E-state index is 13.3. The molecule has 1 N–H and O–H groups in total. The highest BCUT2D eigenvalue weighted by atomic mass is 16.5. The molecule has 1 saturated heterocycles. The third kappa shape index (κ3) is 6.00. The summed E-state index contributed by atoms with van der Waals surface area (Å²) in [6.45, 7) is 6.01. The summed E-state index contributed by atoms with van der Waals surface area (Å²) in [7, 11) is 3.15. The highest BCUT2D eigenvalue weighted by Gasteiger charge is 2.46. The van der Waals surface area contributed by atoms with Crippen molar-refractivity contribution in [2.24, 2.45) is 0 Å². The molecule has 3 aromatic carbocycles. The third-order valence-electron chi connectivity index (χ3n) is 6.44. The van der Waals surface area contributed by atoms with Crippen molar-refractivity contribution in [2.45, 2.75) is 32.9 Å². The summed E-state index contributed by atoms with van der Waals surface area (Å²) in [5.74, 6) is 0.926. The molecule has 204 valence electrons. The van der Waals surface area contributed by atoms with E-state index in [9.17, 15) is 14.7 Å². The fraction of sp³-hybridized carbons (Fsp3) is 0.290. The van der Waals surface area contributed by atoms with E-state index in [4.69, 9.17) is 18.9 Å². The standard InChI is InChI=1S/C31H33NO7/c1-19(2)39-26-15-8-22(18-20(26)3)29(33)27-28(21-6-9-23(36-4)10-7-21)32(31(35)30(27)34)16-17-38-25-13-11-24(37-5)12-14-25/h6-15,18-19,28,33H,16-17H2,1-5H3/b29-27-. The van der Waals surface area contributed by atoms with Gasteiger partial charge in [0, 0.05) is 5.56 Å². The smallest absolute Gasteiger partial charge is 0.295 e. The van der Waals surface area contributed by atoms with E-state index in [0.29, 0.717) is 34.1 Å². The van der Waals surface area contributed by atoms with E-state index < -0.39 is 17.7 Å². The van der Waals surface area contributed by atoms with Crippen molar-refractivity contribution >= 4 is 17.4 Å². The minimum Gasteiger partial charge on any atom is -0.507 e. The van der Waals surface area contributed by atoms with Gasteiger partial charge in [-0.3, -0.25) is 9.59 Å². The van der Waals surface area contributed by atoms with Crippen molar-refractivity contribution in [1.82, 2.24) is 4.90 Å². The van der Waals surface area contributed by atoms with Crippen LogP contribution in [0.25, 0.3) is 5.76 Å². The van der Waals surface area contributed by atoms with Gasteiger partial charge in [-0.2, -0.15) is 0 Å². The Labute approximate surface area is 228 Å². The Bertz CT molecular complexity index is 1360. The van der Waals surface area contributed by atoms with Gasteiger partial charge in [0.1, 0.15) is 35.4 Å². The van der Waals surface area contributed by atoms with Crippen LogP contribution < -0.4 is 18.9 Å². The number of Topliss-reactive ketones (excluding diaryl/α,β-unsaturated/α-hetero) is 1. The summed E-state index contributed by atoms with van der Waals surface area (Å²) < 4.78 is 22.1. The second-order valence-electron chi connectivity index (χ2n) is 9.44. The number of ketones is 1. The number of hydrogen-bond donors (Lipinski definition) is 1. The van der Waals surface area contributed by atoms with E-state index in [1.54, 1.807) is 80.9 Å². The van der Waals surface area contributed by atoms with Gasteiger partial charge in [0.15, 0.2) is 0 Å². The minimum atomic E-state index is -0.803. The van der Waals surface area contributed by atoms with Gasteiger partial charge in [0.05, 0.1) is 38.5 Å². The van der Waals surface area contributed by atoms with Crippen molar-refractivity contribution in [3.63, 3.8) is 0 Å². The van der Waals surface area contributed by atoms with Gasteiger partial charge >= 0.3 is 0 Å². The normalized spacial score (nSPS) is 16.5. The van der Waals surface area contributed by atoms with Crippen LogP contribution in [0.1, 0.15) is 36.6 Å². The van der Waals surface area contributed by atoms with Crippen molar-refractivity contribution in [1.29, 1.82) is 0 Å². The first-order chi connectivity index (χ1) is 18.7. The Hall–Kier alpha value is -4.46. The molecule has 39 heavy (non-hydrogen) atoms. The molecule has 8 heteroatoms. The molecule has 1 atom stereocenters. The molecule has 1 aliphatic rings. The highest BCUT2D eigenvalue weighted by molar-refractivity contribution is 6.46. The Morgan fingerprint density at radius 1 is 0.897 bits per heavy atom. The molecule has 0 spiro atoms. The number of amides is 1. The molecule has 0 bridgehead atoms. The lowest BCUT2D eigenvalue weighted by Gasteiger charge is -2.25.